The van der Waals surface area contributed by atoms with Gasteiger partial charge in [0.05, 0.1) is 12.7 Å². The second-order valence-electron chi connectivity index (χ2n) is 4.59. The fourth-order valence-electron chi connectivity index (χ4n) is 1.90. The number of rotatable bonds is 8. The van der Waals surface area contributed by atoms with Gasteiger partial charge in [0, 0.05) is 18.9 Å². The Morgan fingerprint density at radius 3 is 3.11 bits per heavy atom. The minimum atomic E-state index is 0.235. The molecule has 19 heavy (non-hydrogen) atoms. The number of hydrogen-bond donors (Lipinski definition) is 1. The van der Waals surface area contributed by atoms with Crippen molar-refractivity contribution in [1.82, 2.24) is 0 Å². The molecule has 2 atom stereocenters. The second kappa shape index (κ2) is 9.66. The molecule has 0 aliphatic heterocycles. The maximum absolute atomic E-state index is 5.65. The number of ether oxygens (including phenoxy) is 2. The van der Waals surface area contributed by atoms with E-state index >= 15 is 0 Å². The van der Waals surface area contributed by atoms with Crippen LogP contribution < -0.4 is 5.73 Å². The van der Waals surface area contributed by atoms with Gasteiger partial charge in [0.15, 0.2) is 0 Å². The van der Waals surface area contributed by atoms with Crippen LogP contribution in [0.5, 0.6) is 0 Å². The second-order valence-corrected chi connectivity index (χ2v) is 4.59. The van der Waals surface area contributed by atoms with Crippen LogP contribution in [0.4, 0.5) is 0 Å². The average Bonchev–Trinajstić information content (AvgIpc) is 2.36. The highest BCUT2D eigenvalue weighted by Crippen LogP contribution is 2.14. The third-order valence-corrected chi connectivity index (χ3v) is 2.84. The van der Waals surface area contributed by atoms with Crippen molar-refractivity contribution in [2.75, 3.05) is 19.8 Å². The summed E-state index contributed by atoms with van der Waals surface area (Å²) in [7, 11) is 0. The van der Waals surface area contributed by atoms with E-state index in [9.17, 15) is 0 Å². The van der Waals surface area contributed by atoms with E-state index < -0.39 is 0 Å². The van der Waals surface area contributed by atoms with E-state index in [1.807, 2.05) is 19.1 Å². The standard InChI is InChI=1S/C16H25NO2/c1-3-18-14(2)13-15-7-4-5-8-16(10-9-15)19-12-6-11-17/h8-10,14-15H,3,5-6,11-13,17H2,1-2H3/b10-9-,16-8+/t14-,15?/m1/s1. The van der Waals surface area contributed by atoms with Crippen LogP contribution in [0.2, 0.25) is 0 Å². The van der Waals surface area contributed by atoms with E-state index in [2.05, 4.69) is 24.8 Å². The molecule has 0 aromatic rings. The smallest absolute Gasteiger partial charge is 0.115 e. The number of allylic oxidation sites excluding steroid dienone is 3. The Bertz CT molecular complexity index is 363. The first-order valence-electron chi connectivity index (χ1n) is 7.07. The normalized spacial score (nSPS) is 24.2. The molecule has 0 spiro atoms. The van der Waals surface area contributed by atoms with Crippen molar-refractivity contribution in [3.05, 3.63) is 24.0 Å². The maximum atomic E-state index is 5.65. The Labute approximate surface area is 116 Å². The van der Waals surface area contributed by atoms with E-state index in [4.69, 9.17) is 15.2 Å². The van der Waals surface area contributed by atoms with Gasteiger partial charge >= 0.3 is 0 Å². The van der Waals surface area contributed by atoms with Crippen molar-refractivity contribution in [1.29, 1.82) is 0 Å². The molecule has 1 aliphatic rings. The first-order valence-corrected chi connectivity index (χ1v) is 7.07. The zero-order valence-electron chi connectivity index (χ0n) is 12.0. The van der Waals surface area contributed by atoms with Gasteiger partial charge in [-0.25, -0.2) is 0 Å². The third kappa shape index (κ3) is 7.05. The van der Waals surface area contributed by atoms with Crippen molar-refractivity contribution in [3.63, 3.8) is 0 Å². The first-order chi connectivity index (χ1) is 9.26. The largest absolute Gasteiger partial charge is 0.494 e. The van der Waals surface area contributed by atoms with Crippen LogP contribution in [0.3, 0.4) is 0 Å². The van der Waals surface area contributed by atoms with Gasteiger partial charge in [0.2, 0.25) is 0 Å². The topological polar surface area (TPSA) is 44.5 Å². The lowest BCUT2D eigenvalue weighted by atomic mass is 10.0. The van der Waals surface area contributed by atoms with Crippen LogP contribution in [-0.2, 0) is 9.47 Å². The van der Waals surface area contributed by atoms with Crippen LogP contribution in [0.1, 0.15) is 33.1 Å². The third-order valence-electron chi connectivity index (χ3n) is 2.84. The molecule has 0 saturated heterocycles. The fraction of sp³-hybridized carbons (Fsp3) is 0.625. The molecule has 3 heteroatoms. The Kier molecular flexibility index (Phi) is 8.04. The Morgan fingerprint density at radius 1 is 1.53 bits per heavy atom. The predicted molar refractivity (Wildman–Crippen MR) is 78.4 cm³/mol. The summed E-state index contributed by atoms with van der Waals surface area (Å²) in [6.45, 7) is 6.18. The zero-order valence-corrected chi connectivity index (χ0v) is 12.0. The highest BCUT2D eigenvalue weighted by Gasteiger charge is 2.09. The molecule has 1 aliphatic carbocycles. The van der Waals surface area contributed by atoms with E-state index in [-0.39, 0.29) is 12.0 Å². The lowest BCUT2D eigenvalue weighted by Gasteiger charge is -2.15. The van der Waals surface area contributed by atoms with E-state index in [1.54, 1.807) is 0 Å². The van der Waals surface area contributed by atoms with Crippen molar-refractivity contribution in [3.8, 4) is 11.8 Å². The van der Waals surface area contributed by atoms with Gasteiger partial charge in [-0.15, -0.1) is 0 Å². The van der Waals surface area contributed by atoms with Gasteiger partial charge in [0.1, 0.15) is 5.76 Å². The van der Waals surface area contributed by atoms with Gasteiger partial charge in [-0.3, -0.25) is 0 Å². The molecule has 1 unspecified atom stereocenters. The molecule has 0 aromatic heterocycles. The van der Waals surface area contributed by atoms with Gasteiger partial charge in [0.25, 0.3) is 0 Å². The monoisotopic (exact) mass is 263 g/mol. The van der Waals surface area contributed by atoms with Crippen LogP contribution in [0, 0.1) is 17.8 Å². The summed E-state index contributed by atoms with van der Waals surface area (Å²) in [5.41, 5.74) is 5.45. The van der Waals surface area contributed by atoms with Gasteiger partial charge in [-0.2, -0.15) is 0 Å². The number of hydrogen-bond acceptors (Lipinski definition) is 3. The van der Waals surface area contributed by atoms with Crippen molar-refractivity contribution >= 4 is 0 Å². The van der Waals surface area contributed by atoms with Crippen LogP contribution in [0.15, 0.2) is 24.0 Å². The summed E-state index contributed by atoms with van der Waals surface area (Å²) >= 11 is 0. The molecule has 1 rings (SSSR count). The summed E-state index contributed by atoms with van der Waals surface area (Å²) in [6, 6.07) is 0. The van der Waals surface area contributed by atoms with Gasteiger partial charge in [-0.1, -0.05) is 17.9 Å². The Morgan fingerprint density at radius 2 is 2.37 bits per heavy atom. The molecule has 0 bridgehead atoms. The molecule has 0 radical (unpaired) electrons. The first kappa shape index (κ1) is 15.8. The molecule has 0 heterocycles. The molecule has 0 aromatic carbocycles. The molecule has 0 saturated carbocycles. The molecule has 0 amide bonds. The maximum Gasteiger partial charge on any atom is 0.115 e. The van der Waals surface area contributed by atoms with E-state index in [1.165, 1.54) is 0 Å². The number of nitrogens with two attached hydrogens (primary N) is 1. The molecule has 0 fully saturated rings. The predicted octanol–water partition coefficient (Wildman–Crippen LogP) is 2.63. The van der Waals surface area contributed by atoms with Gasteiger partial charge < -0.3 is 15.2 Å². The van der Waals surface area contributed by atoms with Crippen LogP contribution >= 0.6 is 0 Å². The lowest BCUT2D eigenvalue weighted by molar-refractivity contribution is 0.0664. The summed E-state index contributed by atoms with van der Waals surface area (Å²) in [5.74, 6) is 7.57. The van der Waals surface area contributed by atoms with Crippen LogP contribution in [0.25, 0.3) is 0 Å². The summed E-state index contributed by atoms with van der Waals surface area (Å²) in [6.07, 6.45) is 8.92. The molecule has 106 valence electrons. The van der Waals surface area contributed by atoms with Crippen molar-refractivity contribution in [2.45, 2.75) is 39.2 Å². The van der Waals surface area contributed by atoms with Crippen LogP contribution in [-0.4, -0.2) is 25.9 Å². The van der Waals surface area contributed by atoms with Gasteiger partial charge in [-0.05, 0) is 45.4 Å². The zero-order chi connectivity index (χ0) is 13.9. The summed E-state index contributed by atoms with van der Waals surface area (Å²) < 4.78 is 11.2. The lowest BCUT2D eigenvalue weighted by Crippen LogP contribution is -2.12. The Hall–Kier alpha value is -1.24. The molecular formula is C16H25NO2. The summed E-state index contributed by atoms with van der Waals surface area (Å²) in [4.78, 5) is 0. The highest BCUT2D eigenvalue weighted by molar-refractivity contribution is 5.23. The SMILES string of the molecule is CCO[C@H](C)CC1C#CC/C=C(OCCCN)\C=C/1. The van der Waals surface area contributed by atoms with Crippen molar-refractivity contribution in [2.24, 2.45) is 11.7 Å². The minimum Gasteiger partial charge on any atom is -0.494 e. The quantitative estimate of drug-likeness (QED) is 0.541. The fourth-order valence-corrected chi connectivity index (χ4v) is 1.90. The van der Waals surface area contributed by atoms with Crippen molar-refractivity contribution < 1.29 is 9.47 Å². The molecule has 2 N–H and O–H groups in total. The Balaban J connectivity index is 2.49. The molecular weight excluding hydrogens is 238 g/mol. The average molecular weight is 263 g/mol. The van der Waals surface area contributed by atoms with E-state index in [0.717, 1.165) is 31.6 Å². The molecule has 3 nitrogen and oxygen atoms in total. The minimum absolute atomic E-state index is 0.235. The summed E-state index contributed by atoms with van der Waals surface area (Å²) in [5, 5.41) is 0. The highest BCUT2D eigenvalue weighted by atomic mass is 16.5. The van der Waals surface area contributed by atoms with E-state index in [0.29, 0.717) is 13.2 Å².